The number of carbonyl (C=O) groups is 1. The number of amides is 1. The van der Waals surface area contributed by atoms with Crippen LogP contribution in [0.1, 0.15) is 59.3 Å². The van der Waals surface area contributed by atoms with Crippen LogP contribution in [0.15, 0.2) is 0 Å². The lowest BCUT2D eigenvalue weighted by atomic mass is 9.71. The molecule has 0 aromatic heterocycles. The lowest BCUT2D eigenvalue weighted by Crippen LogP contribution is -2.52. The first kappa shape index (κ1) is 15.8. The molecule has 4 nitrogen and oxygen atoms in total. The summed E-state index contributed by atoms with van der Waals surface area (Å²) in [6.45, 7) is 6.97. The lowest BCUT2D eigenvalue weighted by Gasteiger charge is -2.40. The van der Waals surface area contributed by atoms with E-state index in [2.05, 4.69) is 26.1 Å². The first-order valence-electron chi connectivity index (χ1n) is 7.91. The van der Waals surface area contributed by atoms with E-state index in [1.54, 1.807) is 0 Å². The molecule has 4 unspecified atom stereocenters. The molecule has 0 aliphatic heterocycles. The highest BCUT2D eigenvalue weighted by Crippen LogP contribution is 2.41. The Hall–Kier alpha value is -0.610. The van der Waals surface area contributed by atoms with E-state index in [0.717, 1.165) is 31.6 Å². The molecule has 4 atom stereocenters. The fraction of sp³-hybridized carbons (Fsp3) is 0.938. The molecule has 0 aromatic rings. The second kappa shape index (κ2) is 5.64. The second-order valence-corrected chi connectivity index (χ2v) is 7.73. The van der Waals surface area contributed by atoms with Crippen molar-refractivity contribution in [3.05, 3.63) is 0 Å². The van der Waals surface area contributed by atoms with Crippen LogP contribution >= 0.6 is 0 Å². The smallest absolute Gasteiger partial charge is 0.237 e. The Kier molecular flexibility index (Phi) is 4.45. The van der Waals surface area contributed by atoms with Gasteiger partial charge in [-0.3, -0.25) is 4.79 Å². The van der Waals surface area contributed by atoms with Gasteiger partial charge in [0.1, 0.15) is 0 Å². The first-order valence-corrected chi connectivity index (χ1v) is 7.91. The summed E-state index contributed by atoms with van der Waals surface area (Å²) >= 11 is 0. The highest BCUT2D eigenvalue weighted by molar-refractivity contribution is 5.85. The monoisotopic (exact) mass is 282 g/mol. The number of carbonyl (C=O) groups excluding carboxylic acids is 1. The minimum atomic E-state index is -0.555. The summed E-state index contributed by atoms with van der Waals surface area (Å²) in [4.78, 5) is 11.7. The summed E-state index contributed by atoms with van der Waals surface area (Å²) < 4.78 is 6.32. The van der Waals surface area contributed by atoms with Gasteiger partial charge in [-0.1, -0.05) is 20.8 Å². The average molecular weight is 282 g/mol. The number of ether oxygens (including phenoxy) is 1. The van der Waals surface area contributed by atoms with Gasteiger partial charge in [0.15, 0.2) is 0 Å². The van der Waals surface area contributed by atoms with Crippen LogP contribution in [0.5, 0.6) is 0 Å². The molecular formula is C16H30N2O2. The van der Waals surface area contributed by atoms with Crippen molar-refractivity contribution >= 4 is 5.91 Å². The summed E-state index contributed by atoms with van der Waals surface area (Å²) in [6.07, 6.45) is 6.47. The molecular weight excluding hydrogens is 252 g/mol. The predicted molar refractivity (Wildman–Crippen MR) is 80.3 cm³/mol. The van der Waals surface area contributed by atoms with Gasteiger partial charge in [-0.05, 0) is 50.5 Å². The Labute approximate surface area is 122 Å². The van der Waals surface area contributed by atoms with Gasteiger partial charge in [-0.15, -0.1) is 0 Å². The van der Waals surface area contributed by atoms with Gasteiger partial charge in [0.2, 0.25) is 5.91 Å². The Morgan fingerprint density at radius 2 is 1.95 bits per heavy atom. The highest BCUT2D eigenvalue weighted by Gasteiger charge is 2.44. The number of nitrogens with one attached hydrogen (secondary N) is 1. The summed E-state index contributed by atoms with van der Waals surface area (Å²) in [5.41, 5.74) is 5.36. The van der Waals surface area contributed by atoms with E-state index < -0.39 is 5.54 Å². The summed E-state index contributed by atoms with van der Waals surface area (Å²) in [5.74, 6) is 0.471. The van der Waals surface area contributed by atoms with E-state index in [9.17, 15) is 4.79 Å². The van der Waals surface area contributed by atoms with Gasteiger partial charge in [0, 0.05) is 6.42 Å². The number of likely N-dealkylation sites (N-methyl/N-ethyl adjacent to an activating group) is 1. The molecule has 0 saturated heterocycles. The Morgan fingerprint density at radius 1 is 1.25 bits per heavy atom. The number of nitrogens with two attached hydrogens (primary N) is 1. The highest BCUT2D eigenvalue weighted by atomic mass is 16.5. The number of rotatable bonds is 4. The molecule has 2 saturated carbocycles. The van der Waals surface area contributed by atoms with Crippen LogP contribution in [0.2, 0.25) is 0 Å². The van der Waals surface area contributed by atoms with Crippen molar-refractivity contribution in [3.8, 4) is 0 Å². The number of primary amides is 1. The molecule has 2 aliphatic carbocycles. The van der Waals surface area contributed by atoms with Gasteiger partial charge < -0.3 is 15.8 Å². The molecule has 0 heterocycles. The fourth-order valence-corrected chi connectivity index (χ4v) is 4.32. The van der Waals surface area contributed by atoms with Crippen molar-refractivity contribution in [3.63, 3.8) is 0 Å². The van der Waals surface area contributed by atoms with Crippen LogP contribution in [-0.2, 0) is 9.53 Å². The molecule has 3 N–H and O–H groups in total. The SMILES string of the molecule is CNC1(C(N)=O)CCC(OC2CC(C)CC(C)(C)C2)C1. The molecule has 20 heavy (non-hydrogen) atoms. The van der Waals surface area contributed by atoms with Crippen LogP contribution < -0.4 is 11.1 Å². The van der Waals surface area contributed by atoms with Crippen molar-refractivity contribution in [1.29, 1.82) is 0 Å². The van der Waals surface area contributed by atoms with Gasteiger partial charge >= 0.3 is 0 Å². The van der Waals surface area contributed by atoms with Crippen molar-refractivity contribution in [1.82, 2.24) is 5.32 Å². The maximum Gasteiger partial charge on any atom is 0.237 e. The van der Waals surface area contributed by atoms with E-state index in [0.29, 0.717) is 17.9 Å². The fourth-order valence-electron chi connectivity index (χ4n) is 4.32. The molecule has 4 heteroatoms. The third kappa shape index (κ3) is 3.34. The molecule has 0 aromatic carbocycles. The Balaban J connectivity index is 1.93. The van der Waals surface area contributed by atoms with Crippen LogP contribution in [0.25, 0.3) is 0 Å². The maximum absolute atomic E-state index is 11.7. The van der Waals surface area contributed by atoms with Gasteiger partial charge in [0.05, 0.1) is 17.7 Å². The zero-order chi connectivity index (χ0) is 15.0. The minimum Gasteiger partial charge on any atom is -0.375 e. The number of hydrogen-bond donors (Lipinski definition) is 2. The molecule has 1 amide bonds. The van der Waals surface area contributed by atoms with Crippen molar-refractivity contribution < 1.29 is 9.53 Å². The molecule has 0 radical (unpaired) electrons. The van der Waals surface area contributed by atoms with Crippen LogP contribution in [0, 0.1) is 11.3 Å². The van der Waals surface area contributed by atoms with E-state index in [1.807, 2.05) is 7.05 Å². The second-order valence-electron chi connectivity index (χ2n) is 7.73. The van der Waals surface area contributed by atoms with E-state index in [1.165, 1.54) is 6.42 Å². The van der Waals surface area contributed by atoms with Crippen molar-refractivity contribution in [2.75, 3.05) is 7.05 Å². The largest absolute Gasteiger partial charge is 0.375 e. The zero-order valence-electron chi connectivity index (χ0n) is 13.4. The standard InChI is InChI=1S/C16H30N2O2/c1-11-7-13(9-15(2,3)8-11)20-12-5-6-16(10-12,18-4)14(17)19/h11-13,18H,5-10H2,1-4H3,(H2,17,19). The summed E-state index contributed by atoms with van der Waals surface area (Å²) in [6, 6.07) is 0. The van der Waals surface area contributed by atoms with Gasteiger partial charge in [-0.2, -0.15) is 0 Å². The number of hydrogen-bond acceptors (Lipinski definition) is 3. The Morgan fingerprint density at radius 3 is 2.45 bits per heavy atom. The third-order valence-electron chi connectivity index (χ3n) is 5.15. The van der Waals surface area contributed by atoms with Crippen LogP contribution in [-0.4, -0.2) is 30.7 Å². The van der Waals surface area contributed by atoms with Crippen molar-refractivity contribution in [2.45, 2.75) is 77.0 Å². The quantitative estimate of drug-likeness (QED) is 0.831. The average Bonchev–Trinajstić information content (AvgIpc) is 2.71. The third-order valence-corrected chi connectivity index (χ3v) is 5.15. The van der Waals surface area contributed by atoms with Gasteiger partial charge in [0.25, 0.3) is 0 Å². The van der Waals surface area contributed by atoms with Crippen molar-refractivity contribution in [2.24, 2.45) is 17.1 Å². The summed E-state index contributed by atoms with van der Waals surface area (Å²) in [7, 11) is 1.82. The van der Waals surface area contributed by atoms with E-state index >= 15 is 0 Å². The molecule has 0 spiro atoms. The zero-order valence-corrected chi connectivity index (χ0v) is 13.4. The Bertz CT molecular complexity index is 369. The van der Waals surface area contributed by atoms with Crippen LogP contribution in [0.4, 0.5) is 0 Å². The molecule has 2 rings (SSSR count). The van der Waals surface area contributed by atoms with Gasteiger partial charge in [-0.25, -0.2) is 0 Å². The van der Waals surface area contributed by atoms with Crippen LogP contribution in [0.3, 0.4) is 0 Å². The molecule has 2 aliphatic rings. The maximum atomic E-state index is 11.7. The predicted octanol–water partition coefficient (Wildman–Crippen LogP) is 2.21. The first-order chi connectivity index (χ1) is 9.26. The molecule has 0 bridgehead atoms. The van der Waals surface area contributed by atoms with E-state index in [-0.39, 0.29) is 12.0 Å². The summed E-state index contributed by atoms with van der Waals surface area (Å²) in [5, 5.41) is 3.11. The normalized spacial score (nSPS) is 40.7. The van der Waals surface area contributed by atoms with E-state index in [4.69, 9.17) is 10.5 Å². The topological polar surface area (TPSA) is 64.3 Å². The molecule has 116 valence electrons. The minimum absolute atomic E-state index is 0.168. The molecule has 2 fully saturated rings. The lowest BCUT2D eigenvalue weighted by molar-refractivity contribution is -0.125.